The third-order valence-corrected chi connectivity index (χ3v) is 9.43. The molecule has 10 nitrogen and oxygen atoms in total. The van der Waals surface area contributed by atoms with Gasteiger partial charge in [-0.2, -0.15) is 0 Å². The smallest absolute Gasteiger partial charge is 0.321 e. The molecule has 0 spiro atoms. The van der Waals surface area contributed by atoms with E-state index in [-0.39, 0.29) is 11.9 Å². The van der Waals surface area contributed by atoms with Crippen molar-refractivity contribution in [3.63, 3.8) is 0 Å². The monoisotopic (exact) mass is 601 g/mol. The van der Waals surface area contributed by atoms with Gasteiger partial charge >= 0.3 is 6.03 Å². The van der Waals surface area contributed by atoms with Gasteiger partial charge in [0.15, 0.2) is 11.5 Å². The standard InChI is InChI=1S/C34H47N7O3/c1-38-18-20-39(21-19-38)13-6-22-44-32-24-30-29(23-31(32)43-2)33(36-25-35-30)26-11-16-41(17-12-26)34(42)37-27-7-9-28(10-8-27)40-14-4-3-5-15-40/h7-10,23-26H,3-6,11-22H2,1-2H3,(H,37,42). The summed E-state index contributed by atoms with van der Waals surface area (Å²) in [6.45, 7) is 9.74. The van der Waals surface area contributed by atoms with E-state index in [4.69, 9.17) is 14.5 Å². The molecule has 0 atom stereocenters. The lowest BCUT2D eigenvalue weighted by molar-refractivity contribution is 0.145. The van der Waals surface area contributed by atoms with Crippen LogP contribution in [0.25, 0.3) is 10.9 Å². The van der Waals surface area contributed by atoms with Crippen LogP contribution in [0.5, 0.6) is 11.5 Å². The summed E-state index contributed by atoms with van der Waals surface area (Å²) in [5.74, 6) is 1.67. The van der Waals surface area contributed by atoms with Crippen molar-refractivity contribution in [1.82, 2.24) is 24.7 Å². The molecule has 0 bridgehead atoms. The lowest BCUT2D eigenvalue weighted by Gasteiger charge is -2.32. The average Bonchev–Trinajstić information content (AvgIpc) is 3.07. The first-order valence-electron chi connectivity index (χ1n) is 16.3. The molecule has 3 fully saturated rings. The van der Waals surface area contributed by atoms with Crippen LogP contribution in [0.3, 0.4) is 0 Å². The molecule has 2 amide bonds. The molecule has 1 N–H and O–H groups in total. The number of piperazine rings is 1. The molecule has 3 aliphatic heterocycles. The molecule has 3 aromatic rings. The molecule has 0 radical (unpaired) electrons. The van der Waals surface area contributed by atoms with Gasteiger partial charge in [0.2, 0.25) is 0 Å². The van der Waals surface area contributed by atoms with Crippen molar-refractivity contribution >= 4 is 28.3 Å². The first-order chi connectivity index (χ1) is 21.6. The molecule has 44 heavy (non-hydrogen) atoms. The van der Waals surface area contributed by atoms with Crippen LogP contribution in [0.15, 0.2) is 42.7 Å². The number of fused-ring (bicyclic) bond motifs is 1. The number of nitrogens with one attached hydrogen (secondary N) is 1. The average molecular weight is 602 g/mol. The summed E-state index contributed by atoms with van der Waals surface area (Å²) in [6.07, 6.45) is 8.13. The molecule has 0 unspecified atom stereocenters. The SMILES string of the molecule is COc1cc2c(C3CCN(C(=O)Nc4ccc(N5CCCCC5)cc4)CC3)ncnc2cc1OCCCN1CCN(C)CC1. The number of anilines is 2. The van der Waals surface area contributed by atoms with Crippen LogP contribution >= 0.6 is 0 Å². The van der Waals surface area contributed by atoms with Crippen molar-refractivity contribution in [3.8, 4) is 11.5 Å². The van der Waals surface area contributed by atoms with Gasteiger partial charge in [0.1, 0.15) is 6.33 Å². The van der Waals surface area contributed by atoms with Gasteiger partial charge in [0.05, 0.1) is 24.9 Å². The van der Waals surface area contributed by atoms with E-state index < -0.39 is 0 Å². The lowest BCUT2D eigenvalue weighted by Crippen LogP contribution is -2.44. The molecule has 2 aromatic carbocycles. The van der Waals surface area contributed by atoms with Gasteiger partial charge in [-0.25, -0.2) is 14.8 Å². The number of hydrogen-bond donors (Lipinski definition) is 1. The number of amides is 2. The second kappa shape index (κ2) is 14.4. The number of hydrogen-bond acceptors (Lipinski definition) is 8. The Hall–Kier alpha value is -3.63. The van der Waals surface area contributed by atoms with Crippen molar-refractivity contribution in [3.05, 3.63) is 48.4 Å². The van der Waals surface area contributed by atoms with Crippen LogP contribution < -0.4 is 19.7 Å². The van der Waals surface area contributed by atoms with E-state index >= 15 is 0 Å². The van der Waals surface area contributed by atoms with Gasteiger partial charge in [-0.05, 0) is 75.9 Å². The number of ether oxygens (including phenoxy) is 2. The number of likely N-dealkylation sites (tertiary alicyclic amines) is 1. The fourth-order valence-electron chi connectivity index (χ4n) is 6.69. The second-order valence-corrected chi connectivity index (χ2v) is 12.4. The number of benzene rings is 2. The molecule has 6 rings (SSSR count). The van der Waals surface area contributed by atoms with E-state index in [2.05, 4.69) is 44.2 Å². The second-order valence-electron chi connectivity index (χ2n) is 12.4. The largest absolute Gasteiger partial charge is 0.493 e. The summed E-state index contributed by atoms with van der Waals surface area (Å²) >= 11 is 0. The van der Waals surface area contributed by atoms with Crippen LogP contribution in [0.1, 0.15) is 50.1 Å². The van der Waals surface area contributed by atoms with Gasteiger partial charge in [0, 0.05) is 87.6 Å². The maximum atomic E-state index is 13.1. The predicted octanol–water partition coefficient (Wildman–Crippen LogP) is 5.06. The number of carbonyl (C=O) groups is 1. The van der Waals surface area contributed by atoms with E-state index in [9.17, 15) is 4.79 Å². The molecule has 0 saturated carbocycles. The first-order valence-corrected chi connectivity index (χ1v) is 16.3. The van der Waals surface area contributed by atoms with E-state index in [1.807, 2.05) is 29.2 Å². The molecular formula is C34H47N7O3. The Labute approximate surface area is 261 Å². The number of piperidine rings is 2. The van der Waals surface area contributed by atoms with Gasteiger partial charge < -0.3 is 34.4 Å². The molecule has 3 aliphatic rings. The number of urea groups is 1. The highest BCUT2D eigenvalue weighted by molar-refractivity contribution is 5.90. The molecule has 1 aromatic heterocycles. The van der Waals surface area contributed by atoms with E-state index in [0.29, 0.717) is 25.4 Å². The van der Waals surface area contributed by atoms with Crippen molar-refractivity contribution in [2.45, 2.75) is 44.4 Å². The zero-order valence-electron chi connectivity index (χ0n) is 26.3. The Bertz CT molecular complexity index is 1380. The van der Waals surface area contributed by atoms with Gasteiger partial charge in [-0.1, -0.05) is 0 Å². The van der Waals surface area contributed by atoms with E-state index in [1.54, 1.807) is 13.4 Å². The van der Waals surface area contributed by atoms with Crippen molar-refractivity contribution < 1.29 is 14.3 Å². The van der Waals surface area contributed by atoms with Crippen LogP contribution in [0.2, 0.25) is 0 Å². The van der Waals surface area contributed by atoms with Gasteiger partial charge in [0.25, 0.3) is 0 Å². The number of aromatic nitrogens is 2. The minimum absolute atomic E-state index is 0.0437. The van der Waals surface area contributed by atoms with Gasteiger partial charge in [-0.15, -0.1) is 0 Å². The summed E-state index contributed by atoms with van der Waals surface area (Å²) in [4.78, 5) is 31.6. The highest BCUT2D eigenvalue weighted by Gasteiger charge is 2.27. The van der Waals surface area contributed by atoms with Crippen LogP contribution in [0, 0.1) is 0 Å². The molecule has 3 saturated heterocycles. The third-order valence-electron chi connectivity index (χ3n) is 9.43. The topological polar surface area (TPSA) is 86.3 Å². The molecule has 4 heterocycles. The Kier molecular flexibility index (Phi) is 9.97. The summed E-state index contributed by atoms with van der Waals surface area (Å²) in [6, 6.07) is 12.2. The zero-order valence-corrected chi connectivity index (χ0v) is 26.3. The summed E-state index contributed by atoms with van der Waals surface area (Å²) < 4.78 is 11.9. The van der Waals surface area contributed by atoms with Crippen molar-refractivity contribution in [2.24, 2.45) is 0 Å². The number of carbonyl (C=O) groups excluding carboxylic acids is 1. The Balaban J connectivity index is 1.03. The van der Waals surface area contributed by atoms with Crippen LogP contribution in [-0.4, -0.2) is 110 Å². The summed E-state index contributed by atoms with van der Waals surface area (Å²) in [5.41, 5.74) is 3.95. The molecule has 10 heteroatoms. The fraction of sp³-hybridized carbons (Fsp3) is 0.559. The Morgan fingerprint density at radius 1 is 0.909 bits per heavy atom. The highest BCUT2D eigenvalue weighted by Crippen LogP contribution is 2.37. The predicted molar refractivity (Wildman–Crippen MR) is 175 cm³/mol. The number of likely N-dealkylation sites (N-methyl/N-ethyl adjacent to an activating group) is 1. The summed E-state index contributed by atoms with van der Waals surface area (Å²) in [5, 5.41) is 4.09. The third kappa shape index (κ3) is 7.35. The van der Waals surface area contributed by atoms with Crippen LogP contribution in [0.4, 0.5) is 16.2 Å². The number of rotatable bonds is 9. The fourth-order valence-corrected chi connectivity index (χ4v) is 6.69. The van der Waals surface area contributed by atoms with E-state index in [1.165, 1.54) is 24.9 Å². The quantitative estimate of drug-likeness (QED) is 0.341. The number of nitrogens with zero attached hydrogens (tertiary/aromatic N) is 6. The minimum atomic E-state index is -0.0437. The molecule has 236 valence electrons. The lowest BCUT2D eigenvalue weighted by atomic mass is 9.91. The maximum Gasteiger partial charge on any atom is 0.321 e. The normalized spacial score (nSPS) is 18.9. The first kappa shape index (κ1) is 30.4. The molecular weight excluding hydrogens is 554 g/mol. The Morgan fingerprint density at radius 3 is 2.39 bits per heavy atom. The minimum Gasteiger partial charge on any atom is -0.493 e. The Morgan fingerprint density at radius 2 is 1.66 bits per heavy atom. The van der Waals surface area contributed by atoms with Crippen molar-refractivity contribution in [1.29, 1.82) is 0 Å². The molecule has 0 aliphatic carbocycles. The maximum absolute atomic E-state index is 13.1. The van der Waals surface area contributed by atoms with Crippen LogP contribution in [-0.2, 0) is 0 Å². The number of methoxy groups -OCH3 is 1. The van der Waals surface area contributed by atoms with E-state index in [0.717, 1.165) is 93.1 Å². The van der Waals surface area contributed by atoms with Crippen molar-refractivity contribution in [2.75, 3.05) is 89.9 Å². The van der Waals surface area contributed by atoms with Gasteiger partial charge in [-0.3, -0.25) is 0 Å². The highest BCUT2D eigenvalue weighted by atomic mass is 16.5. The zero-order chi connectivity index (χ0) is 30.3. The summed E-state index contributed by atoms with van der Waals surface area (Å²) in [7, 11) is 3.86.